The van der Waals surface area contributed by atoms with Gasteiger partial charge in [-0.15, -0.1) is 0 Å². The van der Waals surface area contributed by atoms with Gasteiger partial charge >= 0.3 is 6.03 Å². The second-order valence-corrected chi connectivity index (χ2v) is 5.95. The van der Waals surface area contributed by atoms with E-state index in [9.17, 15) is 9.59 Å². The summed E-state index contributed by atoms with van der Waals surface area (Å²) in [5.41, 5.74) is 1.88. The fourth-order valence-electron chi connectivity index (χ4n) is 2.42. The van der Waals surface area contributed by atoms with E-state index in [2.05, 4.69) is 28.1 Å². The predicted octanol–water partition coefficient (Wildman–Crippen LogP) is 2.74. The molecule has 0 radical (unpaired) electrons. The highest BCUT2D eigenvalue weighted by molar-refractivity contribution is 5.94. The van der Waals surface area contributed by atoms with Crippen molar-refractivity contribution in [3.8, 4) is 0 Å². The monoisotopic (exact) mass is 339 g/mol. The minimum atomic E-state index is -0.213. The third kappa shape index (κ3) is 7.08. The average molecular weight is 339 g/mol. The lowest BCUT2D eigenvalue weighted by molar-refractivity contribution is 0.0954. The molecule has 5 heteroatoms. The first-order valence-electron chi connectivity index (χ1n) is 8.56. The molecule has 0 aliphatic carbocycles. The molecule has 1 unspecified atom stereocenters. The van der Waals surface area contributed by atoms with Gasteiger partial charge in [0.15, 0.2) is 0 Å². The lowest BCUT2D eigenvalue weighted by Crippen LogP contribution is -2.43. The zero-order valence-electron chi connectivity index (χ0n) is 14.5. The van der Waals surface area contributed by atoms with E-state index < -0.39 is 0 Å². The molecule has 0 aliphatic rings. The fraction of sp³-hybridized carbons (Fsp3) is 0.300. The number of urea groups is 1. The van der Waals surface area contributed by atoms with Gasteiger partial charge in [-0.2, -0.15) is 0 Å². The van der Waals surface area contributed by atoms with E-state index in [1.165, 1.54) is 5.56 Å². The Bertz CT molecular complexity index is 659. The van der Waals surface area contributed by atoms with Gasteiger partial charge in [-0.1, -0.05) is 48.5 Å². The molecule has 0 saturated carbocycles. The molecule has 3 N–H and O–H groups in total. The first-order valence-corrected chi connectivity index (χ1v) is 8.56. The minimum Gasteiger partial charge on any atom is -0.350 e. The highest BCUT2D eigenvalue weighted by Gasteiger charge is 2.07. The second-order valence-electron chi connectivity index (χ2n) is 5.95. The van der Waals surface area contributed by atoms with Crippen molar-refractivity contribution in [3.63, 3.8) is 0 Å². The molecule has 3 amide bonds. The van der Waals surface area contributed by atoms with Crippen LogP contribution in [-0.2, 0) is 6.42 Å². The summed E-state index contributed by atoms with van der Waals surface area (Å²) < 4.78 is 0. The Hall–Kier alpha value is -2.82. The SMILES string of the molecule is CC(CCc1ccccc1)NC(=O)NCCNC(=O)c1ccccc1. The van der Waals surface area contributed by atoms with Gasteiger partial charge in [-0.05, 0) is 37.5 Å². The summed E-state index contributed by atoms with van der Waals surface area (Å²) >= 11 is 0. The molecule has 0 spiro atoms. The van der Waals surface area contributed by atoms with E-state index in [0.29, 0.717) is 18.7 Å². The number of carbonyl (C=O) groups excluding carboxylic acids is 2. The molecule has 132 valence electrons. The normalized spacial score (nSPS) is 11.4. The molecular weight excluding hydrogens is 314 g/mol. The minimum absolute atomic E-state index is 0.0825. The third-order valence-electron chi connectivity index (χ3n) is 3.82. The summed E-state index contributed by atoms with van der Waals surface area (Å²) in [5, 5.41) is 8.43. The summed E-state index contributed by atoms with van der Waals surface area (Å²) in [6.07, 6.45) is 1.80. The number of amides is 3. The number of hydrogen-bond acceptors (Lipinski definition) is 2. The lowest BCUT2D eigenvalue weighted by atomic mass is 10.1. The van der Waals surface area contributed by atoms with Gasteiger partial charge in [0.05, 0.1) is 0 Å². The zero-order chi connectivity index (χ0) is 17.9. The molecule has 0 aliphatic heterocycles. The van der Waals surface area contributed by atoms with Gasteiger partial charge < -0.3 is 16.0 Å². The largest absolute Gasteiger partial charge is 0.350 e. The van der Waals surface area contributed by atoms with Crippen molar-refractivity contribution in [2.45, 2.75) is 25.8 Å². The Balaban J connectivity index is 1.58. The van der Waals surface area contributed by atoms with Crippen LogP contribution < -0.4 is 16.0 Å². The maximum Gasteiger partial charge on any atom is 0.315 e. The molecule has 0 aromatic heterocycles. The van der Waals surface area contributed by atoms with Crippen LogP contribution in [0.4, 0.5) is 4.79 Å². The van der Waals surface area contributed by atoms with Crippen molar-refractivity contribution in [2.24, 2.45) is 0 Å². The van der Waals surface area contributed by atoms with E-state index in [4.69, 9.17) is 0 Å². The first-order chi connectivity index (χ1) is 12.1. The predicted molar refractivity (Wildman–Crippen MR) is 99.5 cm³/mol. The molecule has 5 nitrogen and oxygen atoms in total. The van der Waals surface area contributed by atoms with Gasteiger partial charge in [0.2, 0.25) is 0 Å². The number of nitrogens with one attached hydrogen (secondary N) is 3. The van der Waals surface area contributed by atoms with Crippen LogP contribution >= 0.6 is 0 Å². The number of rotatable bonds is 8. The second kappa shape index (κ2) is 10.1. The van der Waals surface area contributed by atoms with Gasteiger partial charge in [0, 0.05) is 24.7 Å². The third-order valence-corrected chi connectivity index (χ3v) is 3.82. The zero-order valence-corrected chi connectivity index (χ0v) is 14.5. The number of hydrogen-bond donors (Lipinski definition) is 3. The molecule has 2 rings (SSSR count). The van der Waals surface area contributed by atoms with Crippen molar-refractivity contribution in [2.75, 3.05) is 13.1 Å². The quantitative estimate of drug-likeness (QED) is 0.647. The fourth-order valence-corrected chi connectivity index (χ4v) is 2.42. The van der Waals surface area contributed by atoms with Crippen molar-refractivity contribution in [3.05, 3.63) is 71.8 Å². The highest BCUT2D eigenvalue weighted by atomic mass is 16.2. The maximum atomic E-state index is 11.8. The maximum absolute atomic E-state index is 11.8. The Kier molecular flexibility index (Phi) is 7.50. The summed E-state index contributed by atoms with van der Waals surface area (Å²) in [6.45, 7) is 2.76. The lowest BCUT2D eigenvalue weighted by Gasteiger charge is -2.15. The summed E-state index contributed by atoms with van der Waals surface area (Å²) in [7, 11) is 0. The molecule has 2 aromatic carbocycles. The number of benzene rings is 2. The molecular formula is C20H25N3O2. The summed E-state index contributed by atoms with van der Waals surface area (Å²) in [5.74, 6) is -0.140. The van der Waals surface area contributed by atoms with E-state index in [0.717, 1.165) is 12.8 Å². The standard InChI is InChI=1S/C20H25N3O2/c1-16(12-13-17-8-4-2-5-9-17)23-20(25)22-15-14-21-19(24)18-10-6-3-7-11-18/h2-11,16H,12-15H2,1H3,(H,21,24)(H2,22,23,25). The van der Waals surface area contributed by atoms with Crippen molar-refractivity contribution in [1.29, 1.82) is 0 Å². The van der Waals surface area contributed by atoms with E-state index >= 15 is 0 Å². The van der Waals surface area contributed by atoms with E-state index in [-0.39, 0.29) is 18.0 Å². The molecule has 2 aromatic rings. The summed E-state index contributed by atoms with van der Waals surface area (Å²) in [4.78, 5) is 23.7. The Labute approximate surface area is 148 Å². The van der Waals surface area contributed by atoms with Crippen LogP contribution in [0.15, 0.2) is 60.7 Å². The Morgan fingerprint density at radius 1 is 0.880 bits per heavy atom. The van der Waals surface area contributed by atoms with Crippen LogP contribution in [0.2, 0.25) is 0 Å². The average Bonchev–Trinajstić information content (AvgIpc) is 2.65. The Morgan fingerprint density at radius 2 is 1.48 bits per heavy atom. The van der Waals surface area contributed by atoms with Gasteiger partial charge in [-0.3, -0.25) is 4.79 Å². The van der Waals surface area contributed by atoms with Crippen molar-refractivity contribution in [1.82, 2.24) is 16.0 Å². The van der Waals surface area contributed by atoms with Gasteiger partial charge in [0.1, 0.15) is 0 Å². The molecule has 1 atom stereocenters. The van der Waals surface area contributed by atoms with Crippen molar-refractivity contribution >= 4 is 11.9 Å². The molecule has 0 bridgehead atoms. The van der Waals surface area contributed by atoms with Gasteiger partial charge in [0.25, 0.3) is 5.91 Å². The van der Waals surface area contributed by atoms with E-state index in [1.807, 2.05) is 43.3 Å². The smallest absolute Gasteiger partial charge is 0.315 e. The Morgan fingerprint density at radius 3 is 2.16 bits per heavy atom. The highest BCUT2D eigenvalue weighted by Crippen LogP contribution is 2.04. The summed E-state index contributed by atoms with van der Waals surface area (Å²) in [6, 6.07) is 19.1. The van der Waals surface area contributed by atoms with Gasteiger partial charge in [-0.25, -0.2) is 4.79 Å². The van der Waals surface area contributed by atoms with Crippen molar-refractivity contribution < 1.29 is 9.59 Å². The van der Waals surface area contributed by atoms with Crippen LogP contribution in [0.25, 0.3) is 0 Å². The van der Waals surface area contributed by atoms with Crippen LogP contribution in [0, 0.1) is 0 Å². The van der Waals surface area contributed by atoms with Crippen LogP contribution in [0.3, 0.4) is 0 Å². The van der Waals surface area contributed by atoms with Crippen LogP contribution in [-0.4, -0.2) is 31.1 Å². The molecule has 0 saturated heterocycles. The van der Waals surface area contributed by atoms with E-state index in [1.54, 1.807) is 12.1 Å². The molecule has 0 heterocycles. The number of aryl methyl sites for hydroxylation is 1. The molecule has 25 heavy (non-hydrogen) atoms. The van der Waals surface area contributed by atoms with Crippen LogP contribution in [0.1, 0.15) is 29.3 Å². The molecule has 0 fully saturated rings. The van der Waals surface area contributed by atoms with Crippen LogP contribution in [0.5, 0.6) is 0 Å². The number of carbonyl (C=O) groups is 2. The first kappa shape index (κ1) is 18.5. The topological polar surface area (TPSA) is 70.2 Å².